The van der Waals surface area contributed by atoms with Crippen LogP contribution in [0.3, 0.4) is 0 Å². The first-order valence-corrected chi connectivity index (χ1v) is 11.0. The lowest BCUT2D eigenvalue weighted by molar-refractivity contribution is -0.142. The van der Waals surface area contributed by atoms with E-state index in [4.69, 9.17) is 18.9 Å². The molecule has 1 heterocycles. The Balaban J connectivity index is 2.07. The van der Waals surface area contributed by atoms with Crippen molar-refractivity contribution in [1.82, 2.24) is 5.32 Å². The van der Waals surface area contributed by atoms with Crippen LogP contribution in [0, 0.1) is 6.92 Å². The van der Waals surface area contributed by atoms with Crippen molar-refractivity contribution in [2.24, 2.45) is 0 Å². The van der Waals surface area contributed by atoms with Gasteiger partial charge in [-0.3, -0.25) is 9.59 Å². The third-order valence-corrected chi connectivity index (χ3v) is 5.70. The van der Waals surface area contributed by atoms with Gasteiger partial charge in [-0.15, -0.1) is 11.3 Å². The van der Waals surface area contributed by atoms with Crippen molar-refractivity contribution >= 4 is 46.2 Å². The van der Waals surface area contributed by atoms with Gasteiger partial charge >= 0.3 is 11.9 Å². The molecule has 1 aromatic heterocycles. The van der Waals surface area contributed by atoms with Crippen LogP contribution < -0.4 is 20.1 Å². The minimum Gasteiger partial charge on any atom is -0.497 e. The number of hydrogen-bond donors (Lipinski definition) is 2. The topological polar surface area (TPSA) is 129 Å². The number of nitrogens with one attached hydrogen (secondary N) is 2. The maximum Gasteiger partial charge on any atom is 0.341 e. The van der Waals surface area contributed by atoms with Crippen molar-refractivity contribution in [2.75, 3.05) is 39.8 Å². The molecule has 0 aliphatic carbocycles. The molecule has 0 unspecified atom stereocenters. The Morgan fingerprint density at radius 2 is 1.82 bits per heavy atom. The van der Waals surface area contributed by atoms with Crippen molar-refractivity contribution in [1.29, 1.82) is 0 Å². The van der Waals surface area contributed by atoms with E-state index in [1.807, 2.05) is 0 Å². The molecule has 182 valence electrons. The number of esters is 2. The SMILES string of the molecule is CCOC(=O)c1c(NC(=O)COC(=O)/C=C/c2ccc(OC)cc2OC)sc(C(=O)NC)c1C. The molecule has 0 saturated carbocycles. The minimum atomic E-state index is -0.757. The van der Waals surface area contributed by atoms with Crippen LogP contribution in [0.5, 0.6) is 11.5 Å². The monoisotopic (exact) mass is 490 g/mol. The third-order valence-electron chi connectivity index (χ3n) is 4.50. The molecular formula is C23H26N2O8S. The Hall–Kier alpha value is -3.86. The van der Waals surface area contributed by atoms with Crippen molar-refractivity contribution in [2.45, 2.75) is 13.8 Å². The van der Waals surface area contributed by atoms with Crippen molar-refractivity contribution in [3.63, 3.8) is 0 Å². The zero-order valence-electron chi connectivity index (χ0n) is 19.5. The number of carbonyl (C=O) groups is 4. The Morgan fingerprint density at radius 1 is 1.09 bits per heavy atom. The molecule has 2 amide bonds. The van der Waals surface area contributed by atoms with Gasteiger partial charge in [-0.05, 0) is 37.6 Å². The second-order valence-electron chi connectivity index (χ2n) is 6.66. The van der Waals surface area contributed by atoms with Crippen LogP contribution in [0.25, 0.3) is 6.08 Å². The van der Waals surface area contributed by atoms with Crippen LogP contribution in [-0.4, -0.2) is 58.2 Å². The molecule has 0 aliphatic rings. The zero-order chi connectivity index (χ0) is 25.3. The van der Waals surface area contributed by atoms with Gasteiger partial charge in [0, 0.05) is 24.8 Å². The van der Waals surface area contributed by atoms with E-state index in [2.05, 4.69) is 10.6 Å². The summed E-state index contributed by atoms with van der Waals surface area (Å²) in [6.45, 7) is 2.75. The van der Waals surface area contributed by atoms with E-state index >= 15 is 0 Å². The highest BCUT2D eigenvalue weighted by atomic mass is 32.1. The van der Waals surface area contributed by atoms with Crippen molar-refractivity contribution in [3.05, 3.63) is 45.8 Å². The molecule has 0 spiro atoms. The first-order chi connectivity index (χ1) is 16.2. The number of ether oxygens (including phenoxy) is 4. The highest BCUT2D eigenvalue weighted by molar-refractivity contribution is 7.18. The number of anilines is 1. The summed E-state index contributed by atoms with van der Waals surface area (Å²) in [6, 6.07) is 5.07. The van der Waals surface area contributed by atoms with Crippen LogP contribution >= 0.6 is 11.3 Å². The highest BCUT2D eigenvalue weighted by Crippen LogP contribution is 2.33. The molecule has 0 aliphatic heterocycles. The summed E-state index contributed by atoms with van der Waals surface area (Å²) in [6.07, 6.45) is 2.64. The average molecular weight is 491 g/mol. The predicted octanol–water partition coefficient (Wildman–Crippen LogP) is 2.81. The largest absolute Gasteiger partial charge is 0.497 e. The van der Waals surface area contributed by atoms with Crippen LogP contribution in [0.4, 0.5) is 5.00 Å². The Kier molecular flexibility index (Phi) is 9.62. The molecular weight excluding hydrogens is 464 g/mol. The molecule has 34 heavy (non-hydrogen) atoms. The second-order valence-corrected chi connectivity index (χ2v) is 7.68. The molecule has 0 saturated heterocycles. The average Bonchev–Trinajstić information content (AvgIpc) is 3.16. The van der Waals surface area contributed by atoms with E-state index in [1.165, 1.54) is 27.3 Å². The number of rotatable bonds is 10. The molecule has 11 heteroatoms. The van der Waals surface area contributed by atoms with E-state index in [1.54, 1.807) is 32.0 Å². The maximum atomic E-state index is 12.4. The van der Waals surface area contributed by atoms with Crippen LogP contribution in [0.1, 0.15) is 38.1 Å². The Bertz CT molecular complexity index is 1110. The number of carbonyl (C=O) groups excluding carboxylic acids is 4. The number of methoxy groups -OCH3 is 2. The second kappa shape index (κ2) is 12.4. The summed E-state index contributed by atoms with van der Waals surface area (Å²) in [7, 11) is 4.47. The molecule has 2 rings (SSSR count). The summed E-state index contributed by atoms with van der Waals surface area (Å²) >= 11 is 0.927. The number of thiophene rings is 1. The minimum absolute atomic E-state index is 0.0802. The standard InChI is InChI=1S/C23H26N2O8S/c1-6-32-23(29)19-13(2)20(21(28)24-3)34-22(19)25-17(26)12-33-18(27)10-8-14-7-9-15(30-4)11-16(14)31-5/h7-11H,6,12H2,1-5H3,(H,24,28)(H,25,26)/b10-8+. The van der Waals surface area contributed by atoms with Gasteiger partial charge in [0.05, 0.1) is 31.3 Å². The lowest BCUT2D eigenvalue weighted by atomic mass is 10.1. The summed E-state index contributed by atoms with van der Waals surface area (Å²) < 4.78 is 20.4. The predicted molar refractivity (Wildman–Crippen MR) is 127 cm³/mol. The van der Waals surface area contributed by atoms with E-state index in [9.17, 15) is 19.2 Å². The van der Waals surface area contributed by atoms with Gasteiger partial charge in [0.25, 0.3) is 11.8 Å². The van der Waals surface area contributed by atoms with Crippen molar-refractivity contribution < 1.29 is 38.1 Å². The van der Waals surface area contributed by atoms with Crippen LogP contribution in [0.2, 0.25) is 0 Å². The van der Waals surface area contributed by atoms with Crippen LogP contribution in [-0.2, 0) is 19.1 Å². The number of benzene rings is 1. The Labute approximate surface area is 200 Å². The zero-order valence-corrected chi connectivity index (χ0v) is 20.3. The van der Waals surface area contributed by atoms with Crippen LogP contribution in [0.15, 0.2) is 24.3 Å². The third kappa shape index (κ3) is 6.58. The van der Waals surface area contributed by atoms with Gasteiger partial charge in [0.2, 0.25) is 0 Å². The smallest absolute Gasteiger partial charge is 0.341 e. The van der Waals surface area contributed by atoms with Gasteiger partial charge in [-0.25, -0.2) is 9.59 Å². The maximum absolute atomic E-state index is 12.4. The molecule has 2 N–H and O–H groups in total. The molecule has 10 nitrogen and oxygen atoms in total. The summed E-state index contributed by atoms with van der Waals surface area (Å²) in [4.78, 5) is 49.1. The lowest BCUT2D eigenvalue weighted by Gasteiger charge is -2.08. The normalized spacial score (nSPS) is 10.5. The molecule has 0 bridgehead atoms. The fourth-order valence-corrected chi connectivity index (χ4v) is 4.00. The van der Waals surface area contributed by atoms with E-state index < -0.39 is 30.4 Å². The van der Waals surface area contributed by atoms with Gasteiger partial charge in [-0.1, -0.05) is 0 Å². The molecule has 2 aromatic rings. The summed E-state index contributed by atoms with van der Waals surface area (Å²) in [5.41, 5.74) is 1.07. The molecule has 0 radical (unpaired) electrons. The number of hydrogen-bond acceptors (Lipinski definition) is 9. The van der Waals surface area contributed by atoms with E-state index in [0.29, 0.717) is 22.6 Å². The molecule has 1 aromatic carbocycles. The molecule has 0 atom stereocenters. The quantitative estimate of drug-likeness (QED) is 0.384. The fraction of sp³-hybridized carbons (Fsp3) is 0.304. The van der Waals surface area contributed by atoms with Gasteiger partial charge in [-0.2, -0.15) is 0 Å². The molecule has 0 fully saturated rings. The lowest BCUT2D eigenvalue weighted by Crippen LogP contribution is -2.21. The summed E-state index contributed by atoms with van der Waals surface area (Å²) in [5.74, 6) is -1.42. The van der Waals surface area contributed by atoms with E-state index in [0.717, 1.165) is 17.4 Å². The van der Waals surface area contributed by atoms with Gasteiger partial charge < -0.3 is 29.6 Å². The first-order valence-electron chi connectivity index (χ1n) is 10.1. The highest BCUT2D eigenvalue weighted by Gasteiger charge is 2.26. The first kappa shape index (κ1) is 26.4. The summed E-state index contributed by atoms with van der Waals surface area (Å²) in [5, 5.41) is 5.13. The van der Waals surface area contributed by atoms with Crippen molar-refractivity contribution in [3.8, 4) is 11.5 Å². The Morgan fingerprint density at radius 3 is 2.44 bits per heavy atom. The van der Waals surface area contributed by atoms with Gasteiger partial charge in [0.1, 0.15) is 16.5 Å². The number of amides is 2. The van der Waals surface area contributed by atoms with E-state index in [-0.39, 0.29) is 22.0 Å². The fourth-order valence-electron chi connectivity index (χ4n) is 2.84. The van der Waals surface area contributed by atoms with Gasteiger partial charge in [0.15, 0.2) is 6.61 Å².